The standard InChI is InChI=1S/C21H18ClN3O/c1-14-6-7-16(12-18(14)22)24-17-8-10-23-19(13-17)21(26)25-11-9-15-4-2-3-5-20(15)25/h2-8,10,12-13H,9,11H2,1H3,(H,23,24). The molecule has 0 unspecified atom stereocenters. The van der Waals surface area contributed by atoms with Crippen LogP contribution in [0.4, 0.5) is 17.1 Å². The Bertz CT molecular complexity index is 986. The molecule has 1 aromatic heterocycles. The van der Waals surface area contributed by atoms with Crippen molar-refractivity contribution in [1.29, 1.82) is 0 Å². The Morgan fingerprint density at radius 1 is 1.12 bits per heavy atom. The van der Waals surface area contributed by atoms with Crippen molar-refractivity contribution in [1.82, 2.24) is 4.98 Å². The summed E-state index contributed by atoms with van der Waals surface area (Å²) in [5.74, 6) is -0.0828. The van der Waals surface area contributed by atoms with E-state index >= 15 is 0 Å². The smallest absolute Gasteiger partial charge is 0.276 e. The van der Waals surface area contributed by atoms with Crippen LogP contribution >= 0.6 is 11.6 Å². The lowest BCUT2D eigenvalue weighted by Crippen LogP contribution is -2.29. The predicted molar refractivity (Wildman–Crippen MR) is 106 cm³/mol. The molecule has 0 spiro atoms. The van der Waals surface area contributed by atoms with Crippen molar-refractivity contribution < 1.29 is 4.79 Å². The summed E-state index contributed by atoms with van der Waals surface area (Å²) in [4.78, 5) is 19.0. The van der Waals surface area contributed by atoms with E-state index in [1.807, 2.05) is 49.4 Å². The van der Waals surface area contributed by atoms with Crippen LogP contribution < -0.4 is 10.2 Å². The molecule has 0 bridgehead atoms. The molecule has 0 fully saturated rings. The van der Waals surface area contributed by atoms with Crippen LogP contribution in [0.15, 0.2) is 60.8 Å². The molecule has 4 nitrogen and oxygen atoms in total. The second kappa shape index (κ2) is 6.81. The maximum absolute atomic E-state index is 12.9. The molecule has 3 aromatic rings. The third kappa shape index (κ3) is 3.16. The Balaban J connectivity index is 1.58. The number of anilines is 3. The third-order valence-electron chi connectivity index (χ3n) is 4.57. The van der Waals surface area contributed by atoms with Crippen LogP contribution in [0, 0.1) is 6.92 Å². The molecule has 4 rings (SSSR count). The van der Waals surface area contributed by atoms with Crippen molar-refractivity contribution in [2.75, 3.05) is 16.8 Å². The van der Waals surface area contributed by atoms with E-state index in [0.29, 0.717) is 17.3 Å². The largest absolute Gasteiger partial charge is 0.355 e. The quantitative estimate of drug-likeness (QED) is 0.713. The second-order valence-corrected chi connectivity index (χ2v) is 6.76. The molecule has 1 aliphatic rings. The zero-order valence-corrected chi connectivity index (χ0v) is 15.1. The first-order chi connectivity index (χ1) is 12.6. The molecule has 1 N–H and O–H groups in total. The Morgan fingerprint density at radius 3 is 2.77 bits per heavy atom. The van der Waals surface area contributed by atoms with Crippen molar-refractivity contribution in [2.45, 2.75) is 13.3 Å². The molecule has 2 heterocycles. The average Bonchev–Trinajstić information content (AvgIpc) is 3.08. The highest BCUT2D eigenvalue weighted by molar-refractivity contribution is 6.31. The Kier molecular flexibility index (Phi) is 4.35. The first-order valence-electron chi connectivity index (χ1n) is 8.51. The summed E-state index contributed by atoms with van der Waals surface area (Å²) in [6.07, 6.45) is 2.52. The van der Waals surface area contributed by atoms with E-state index in [2.05, 4.69) is 16.4 Å². The minimum absolute atomic E-state index is 0.0828. The van der Waals surface area contributed by atoms with E-state index in [0.717, 1.165) is 29.0 Å². The summed E-state index contributed by atoms with van der Waals surface area (Å²) >= 11 is 6.18. The number of aromatic nitrogens is 1. The zero-order chi connectivity index (χ0) is 18.1. The number of rotatable bonds is 3. The van der Waals surface area contributed by atoms with Gasteiger partial charge >= 0.3 is 0 Å². The summed E-state index contributed by atoms with van der Waals surface area (Å²) in [6, 6.07) is 17.4. The van der Waals surface area contributed by atoms with Crippen LogP contribution in [-0.4, -0.2) is 17.4 Å². The van der Waals surface area contributed by atoms with Gasteiger partial charge in [-0.1, -0.05) is 35.9 Å². The molecule has 2 aromatic carbocycles. The third-order valence-corrected chi connectivity index (χ3v) is 4.98. The van der Waals surface area contributed by atoms with E-state index in [4.69, 9.17) is 11.6 Å². The van der Waals surface area contributed by atoms with Crippen molar-refractivity contribution in [3.05, 3.63) is 82.6 Å². The van der Waals surface area contributed by atoms with Crippen LogP contribution in [0.2, 0.25) is 5.02 Å². The summed E-state index contributed by atoms with van der Waals surface area (Å²) in [5, 5.41) is 3.98. The number of hydrogen-bond acceptors (Lipinski definition) is 3. The van der Waals surface area contributed by atoms with Crippen LogP contribution in [0.5, 0.6) is 0 Å². The molecule has 26 heavy (non-hydrogen) atoms. The first kappa shape index (κ1) is 16.6. The maximum Gasteiger partial charge on any atom is 0.276 e. The molecule has 0 saturated heterocycles. The van der Waals surface area contributed by atoms with Crippen molar-refractivity contribution in [3.8, 4) is 0 Å². The average molecular weight is 364 g/mol. The lowest BCUT2D eigenvalue weighted by molar-refractivity contribution is 0.0984. The van der Waals surface area contributed by atoms with E-state index < -0.39 is 0 Å². The van der Waals surface area contributed by atoms with Crippen LogP contribution in [0.25, 0.3) is 0 Å². The molecule has 0 aliphatic carbocycles. The van der Waals surface area contributed by atoms with Gasteiger partial charge in [0.05, 0.1) is 0 Å². The number of benzene rings is 2. The Hall–Kier alpha value is -2.85. The Morgan fingerprint density at radius 2 is 1.92 bits per heavy atom. The molecule has 0 atom stereocenters. The van der Waals surface area contributed by atoms with E-state index in [9.17, 15) is 4.79 Å². The summed E-state index contributed by atoms with van der Waals surface area (Å²) < 4.78 is 0. The topological polar surface area (TPSA) is 45.2 Å². The summed E-state index contributed by atoms with van der Waals surface area (Å²) in [6.45, 7) is 2.65. The summed E-state index contributed by atoms with van der Waals surface area (Å²) in [7, 11) is 0. The molecular weight excluding hydrogens is 346 g/mol. The number of carbonyl (C=O) groups is 1. The van der Waals surface area contributed by atoms with Crippen molar-refractivity contribution in [3.63, 3.8) is 0 Å². The molecule has 1 amide bonds. The lowest BCUT2D eigenvalue weighted by Gasteiger charge is -2.17. The van der Waals surface area contributed by atoms with Gasteiger partial charge in [0, 0.05) is 34.8 Å². The number of carbonyl (C=O) groups excluding carboxylic acids is 1. The fourth-order valence-electron chi connectivity index (χ4n) is 3.15. The highest BCUT2D eigenvalue weighted by Gasteiger charge is 2.26. The highest BCUT2D eigenvalue weighted by Crippen LogP contribution is 2.29. The van der Waals surface area contributed by atoms with Gasteiger partial charge in [-0.25, -0.2) is 0 Å². The van der Waals surface area contributed by atoms with Crippen LogP contribution in [-0.2, 0) is 6.42 Å². The van der Waals surface area contributed by atoms with Gasteiger partial charge in [0.15, 0.2) is 0 Å². The molecule has 130 valence electrons. The van der Waals surface area contributed by atoms with Crippen LogP contribution in [0.3, 0.4) is 0 Å². The Labute approximate surface area is 157 Å². The molecule has 1 aliphatic heterocycles. The van der Waals surface area contributed by atoms with Crippen LogP contribution in [0.1, 0.15) is 21.6 Å². The number of hydrogen-bond donors (Lipinski definition) is 1. The fraction of sp³-hybridized carbons (Fsp3) is 0.143. The first-order valence-corrected chi connectivity index (χ1v) is 8.88. The number of nitrogens with one attached hydrogen (secondary N) is 1. The SMILES string of the molecule is Cc1ccc(Nc2ccnc(C(=O)N3CCc4ccccc43)c2)cc1Cl. The number of halogens is 1. The van der Waals surface area contributed by atoms with Gasteiger partial charge < -0.3 is 10.2 Å². The zero-order valence-electron chi connectivity index (χ0n) is 14.4. The van der Waals surface area contributed by atoms with E-state index in [1.165, 1.54) is 5.56 Å². The maximum atomic E-state index is 12.9. The summed E-state index contributed by atoms with van der Waals surface area (Å²) in [5.41, 5.74) is 5.29. The number of fused-ring (bicyclic) bond motifs is 1. The molecular formula is C21H18ClN3O. The van der Waals surface area contributed by atoms with E-state index in [-0.39, 0.29) is 5.91 Å². The monoisotopic (exact) mass is 363 g/mol. The van der Waals surface area contributed by atoms with Gasteiger partial charge in [-0.15, -0.1) is 0 Å². The predicted octanol–water partition coefficient (Wildman–Crippen LogP) is 4.99. The number of nitrogens with zero attached hydrogens (tertiary/aromatic N) is 2. The number of pyridine rings is 1. The number of amides is 1. The van der Waals surface area contributed by atoms with Gasteiger partial charge in [0.25, 0.3) is 5.91 Å². The van der Waals surface area contributed by atoms with Gasteiger partial charge in [-0.2, -0.15) is 0 Å². The van der Waals surface area contributed by atoms with Crippen molar-refractivity contribution in [2.24, 2.45) is 0 Å². The molecule has 0 saturated carbocycles. The van der Waals surface area contributed by atoms with Crippen molar-refractivity contribution >= 4 is 34.6 Å². The number of aryl methyl sites for hydroxylation is 1. The van der Waals surface area contributed by atoms with E-state index in [1.54, 1.807) is 17.2 Å². The van der Waals surface area contributed by atoms with Gasteiger partial charge in [0.2, 0.25) is 0 Å². The lowest BCUT2D eigenvalue weighted by atomic mass is 10.2. The minimum Gasteiger partial charge on any atom is -0.355 e. The van der Waals surface area contributed by atoms with Gasteiger partial charge in [0.1, 0.15) is 5.69 Å². The van der Waals surface area contributed by atoms with Gasteiger partial charge in [-0.3, -0.25) is 9.78 Å². The normalized spacial score (nSPS) is 12.8. The van der Waals surface area contributed by atoms with Gasteiger partial charge in [-0.05, 0) is 54.8 Å². The molecule has 5 heteroatoms. The highest BCUT2D eigenvalue weighted by atomic mass is 35.5. The molecule has 0 radical (unpaired) electrons. The second-order valence-electron chi connectivity index (χ2n) is 6.35. The number of para-hydroxylation sites is 1. The minimum atomic E-state index is -0.0828. The fourth-order valence-corrected chi connectivity index (χ4v) is 3.33.